The Bertz CT molecular complexity index is 357. The zero-order chi connectivity index (χ0) is 33.3. The monoisotopic (exact) mass is 611 g/mol. The highest BCUT2D eigenvalue weighted by Crippen LogP contribution is 2.02. The van der Waals surface area contributed by atoms with Gasteiger partial charge in [0.1, 0.15) is 0 Å². The Hall–Kier alpha value is -0.240. The van der Waals surface area contributed by atoms with Crippen LogP contribution in [0, 0.1) is 23.7 Å². The summed E-state index contributed by atoms with van der Waals surface area (Å²) in [6.07, 6.45) is 9.57. The Morgan fingerprint density at radius 2 is 0.690 bits per heavy atom. The molecule has 0 unspecified atom stereocenters. The van der Waals surface area contributed by atoms with Crippen LogP contribution in [-0.4, -0.2) is 80.3 Å². The van der Waals surface area contributed by atoms with Crippen molar-refractivity contribution >= 4 is 0 Å². The van der Waals surface area contributed by atoms with Crippen LogP contribution in [0.3, 0.4) is 0 Å². The molecule has 0 bridgehead atoms. The average molecular weight is 611 g/mol. The molecule has 0 aliphatic heterocycles. The van der Waals surface area contributed by atoms with Crippen LogP contribution in [0.4, 0.5) is 0 Å². The van der Waals surface area contributed by atoms with Crippen LogP contribution in [0.25, 0.3) is 0 Å². The van der Waals surface area contributed by atoms with Gasteiger partial charge in [-0.3, -0.25) is 0 Å². The minimum atomic E-state index is 0.670. The lowest BCUT2D eigenvalue weighted by Crippen LogP contribution is -2.06. The first-order valence-electron chi connectivity index (χ1n) is 17.3. The highest BCUT2D eigenvalue weighted by atomic mass is 16.5. The van der Waals surface area contributed by atoms with Crippen molar-refractivity contribution in [1.82, 2.24) is 0 Å². The second kappa shape index (κ2) is 50.4. The molecule has 0 aromatic heterocycles. The molecular formula is C36H82O6. The smallest absolute Gasteiger partial charge is 0.0696 e. The molecule has 0 aromatic rings. The van der Waals surface area contributed by atoms with E-state index in [1.807, 2.05) is 0 Å². The highest BCUT2D eigenvalue weighted by Gasteiger charge is 1.96. The maximum atomic E-state index is 5.46. The predicted octanol–water partition coefficient (Wildman–Crippen LogP) is 10.1. The van der Waals surface area contributed by atoms with E-state index < -0.39 is 0 Å². The Balaban J connectivity index is -0.000000138. The van der Waals surface area contributed by atoms with Gasteiger partial charge in [0.15, 0.2) is 0 Å². The standard InChI is InChI=1S/C10H22O.2C8H18O.C6H14O.C4H10O2/c1-9(2)5-7-11-8-6-10(3)4;1-7(2)5-9-6-8(3)4;1-3-5-7-9-8-6-4-2;1-3-5-7-6-4-2;1-5-3-4-6-2/h9-10H,5-8H2,1-4H3;7-8H,5-6H2,1-4H3;3-8H2,1-2H3;3-6H2,1-2H3;3-4H2,1-2H3. The van der Waals surface area contributed by atoms with Gasteiger partial charge in [-0.1, -0.05) is 95.9 Å². The molecule has 0 heterocycles. The average Bonchev–Trinajstić information content (AvgIpc) is 2.93. The van der Waals surface area contributed by atoms with E-state index in [0.717, 1.165) is 77.5 Å². The van der Waals surface area contributed by atoms with Crippen LogP contribution in [-0.2, 0) is 28.4 Å². The van der Waals surface area contributed by atoms with Crippen LogP contribution in [0.15, 0.2) is 0 Å². The molecule has 0 amide bonds. The Labute approximate surface area is 266 Å². The van der Waals surface area contributed by atoms with Gasteiger partial charge >= 0.3 is 0 Å². The first-order chi connectivity index (χ1) is 20.0. The van der Waals surface area contributed by atoms with Crippen LogP contribution in [0.5, 0.6) is 0 Å². The van der Waals surface area contributed by atoms with E-state index in [-0.39, 0.29) is 0 Å². The molecule has 0 rings (SSSR count). The quantitative estimate of drug-likeness (QED) is 0.107. The van der Waals surface area contributed by atoms with Gasteiger partial charge in [0.05, 0.1) is 13.2 Å². The summed E-state index contributed by atoms with van der Waals surface area (Å²) in [6, 6.07) is 0. The fraction of sp³-hybridized carbons (Fsp3) is 1.00. The molecule has 6 nitrogen and oxygen atoms in total. The summed E-state index contributed by atoms with van der Waals surface area (Å²) in [5.41, 5.74) is 0. The molecular weight excluding hydrogens is 528 g/mol. The van der Waals surface area contributed by atoms with Crippen molar-refractivity contribution < 1.29 is 28.4 Å². The lowest BCUT2D eigenvalue weighted by molar-refractivity contribution is 0.0886. The van der Waals surface area contributed by atoms with Gasteiger partial charge < -0.3 is 28.4 Å². The van der Waals surface area contributed by atoms with E-state index in [1.165, 1.54) is 38.5 Å². The molecule has 0 fully saturated rings. The van der Waals surface area contributed by atoms with Crippen LogP contribution in [0.2, 0.25) is 0 Å². The molecule has 0 saturated carbocycles. The number of rotatable bonds is 23. The first kappa shape index (κ1) is 51.3. The van der Waals surface area contributed by atoms with E-state index in [0.29, 0.717) is 25.0 Å². The normalized spacial score (nSPS) is 10.4. The van der Waals surface area contributed by atoms with Gasteiger partial charge in [-0.25, -0.2) is 0 Å². The van der Waals surface area contributed by atoms with Gasteiger partial charge in [0.2, 0.25) is 0 Å². The molecule has 42 heavy (non-hydrogen) atoms. The maximum Gasteiger partial charge on any atom is 0.0696 e. The summed E-state index contributed by atoms with van der Waals surface area (Å²) in [5.74, 6) is 2.88. The predicted molar refractivity (Wildman–Crippen MR) is 186 cm³/mol. The van der Waals surface area contributed by atoms with Crippen LogP contribution in [0.1, 0.15) is 134 Å². The van der Waals surface area contributed by atoms with Crippen molar-refractivity contribution in [1.29, 1.82) is 0 Å². The van der Waals surface area contributed by atoms with Crippen LogP contribution < -0.4 is 0 Å². The van der Waals surface area contributed by atoms with E-state index in [4.69, 9.17) is 18.9 Å². The summed E-state index contributed by atoms with van der Waals surface area (Å²) in [5, 5.41) is 0. The van der Waals surface area contributed by atoms with Crippen molar-refractivity contribution in [3.8, 4) is 0 Å². The third-order valence-corrected chi connectivity index (χ3v) is 5.05. The summed E-state index contributed by atoms with van der Waals surface area (Å²) in [6.45, 7) is 35.0. The highest BCUT2D eigenvalue weighted by molar-refractivity contribution is 4.45. The second-order valence-electron chi connectivity index (χ2n) is 12.2. The van der Waals surface area contributed by atoms with Gasteiger partial charge in [-0.05, 0) is 62.2 Å². The molecule has 0 atom stereocenters. The topological polar surface area (TPSA) is 55.4 Å². The molecule has 0 N–H and O–H groups in total. The van der Waals surface area contributed by atoms with Crippen molar-refractivity contribution in [3.05, 3.63) is 0 Å². The molecule has 0 saturated heterocycles. The lowest BCUT2D eigenvalue weighted by atomic mass is 10.1. The fourth-order valence-electron chi connectivity index (χ4n) is 2.43. The Morgan fingerprint density at radius 3 is 0.952 bits per heavy atom. The third kappa shape index (κ3) is 83.4. The third-order valence-electron chi connectivity index (χ3n) is 5.05. The van der Waals surface area contributed by atoms with Crippen molar-refractivity contribution in [2.24, 2.45) is 23.7 Å². The number of methoxy groups -OCH3 is 2. The van der Waals surface area contributed by atoms with E-state index in [2.05, 4.69) is 92.6 Å². The zero-order valence-corrected chi connectivity index (χ0v) is 31.5. The number of hydrogen-bond donors (Lipinski definition) is 0. The number of ether oxygens (including phenoxy) is 6. The van der Waals surface area contributed by atoms with E-state index in [9.17, 15) is 0 Å². The zero-order valence-electron chi connectivity index (χ0n) is 31.5. The molecule has 6 heteroatoms. The van der Waals surface area contributed by atoms with Gasteiger partial charge in [-0.15, -0.1) is 0 Å². The summed E-state index contributed by atoms with van der Waals surface area (Å²) in [7, 11) is 3.30. The Kier molecular flexibility index (Phi) is 61.6. The molecule has 0 spiro atoms. The molecule has 0 radical (unpaired) electrons. The first-order valence-corrected chi connectivity index (χ1v) is 17.3. The fourth-order valence-corrected chi connectivity index (χ4v) is 2.43. The number of hydrogen-bond acceptors (Lipinski definition) is 6. The van der Waals surface area contributed by atoms with Gasteiger partial charge in [0.25, 0.3) is 0 Å². The van der Waals surface area contributed by atoms with E-state index >= 15 is 0 Å². The minimum Gasteiger partial charge on any atom is -0.382 e. The molecule has 262 valence electrons. The molecule has 0 aliphatic rings. The summed E-state index contributed by atoms with van der Waals surface area (Å²) in [4.78, 5) is 0. The number of unbranched alkanes of at least 4 members (excludes halogenated alkanes) is 2. The van der Waals surface area contributed by atoms with Crippen molar-refractivity contribution in [2.45, 2.75) is 134 Å². The van der Waals surface area contributed by atoms with Crippen LogP contribution >= 0.6 is 0 Å². The van der Waals surface area contributed by atoms with Crippen molar-refractivity contribution in [2.75, 3.05) is 80.3 Å². The summed E-state index contributed by atoms with van der Waals surface area (Å²) < 4.78 is 30.6. The van der Waals surface area contributed by atoms with Crippen molar-refractivity contribution in [3.63, 3.8) is 0 Å². The molecule has 0 aromatic carbocycles. The molecule has 0 aliphatic carbocycles. The Morgan fingerprint density at radius 1 is 0.357 bits per heavy atom. The minimum absolute atomic E-state index is 0.670. The van der Waals surface area contributed by atoms with E-state index in [1.54, 1.807) is 14.2 Å². The van der Waals surface area contributed by atoms with Gasteiger partial charge in [0, 0.05) is 67.1 Å². The second-order valence-corrected chi connectivity index (χ2v) is 12.2. The maximum absolute atomic E-state index is 5.46. The SMILES string of the molecule is CC(C)CCOCCC(C)C.CC(C)COCC(C)C.CCCCOCCCC.CCCOCCC.COCCOC. The lowest BCUT2D eigenvalue weighted by Gasteiger charge is -2.07. The largest absolute Gasteiger partial charge is 0.382 e. The van der Waals surface area contributed by atoms with Gasteiger partial charge in [-0.2, -0.15) is 0 Å². The summed E-state index contributed by atoms with van der Waals surface area (Å²) >= 11 is 0.